The van der Waals surface area contributed by atoms with E-state index in [0.717, 1.165) is 13.2 Å². The molecule has 0 aromatic rings. The molecule has 3 aliphatic heterocycles. The molecule has 3 heterocycles. The zero-order chi connectivity index (χ0) is 16.8. The van der Waals surface area contributed by atoms with Crippen LogP contribution in [-0.2, 0) is 9.47 Å². The summed E-state index contributed by atoms with van der Waals surface area (Å²) in [6.07, 6.45) is 11.2. The highest BCUT2D eigenvalue weighted by Gasteiger charge is 2.30. The number of hydrogen-bond acceptors (Lipinski definition) is 4. The van der Waals surface area contributed by atoms with Crippen molar-refractivity contribution >= 4 is 0 Å². The Hall–Kier alpha value is -0.160. The summed E-state index contributed by atoms with van der Waals surface area (Å²) >= 11 is 0. The van der Waals surface area contributed by atoms with Crippen LogP contribution in [0.3, 0.4) is 0 Å². The third-order valence-electron chi connectivity index (χ3n) is 6.20. The second kappa shape index (κ2) is 9.51. The van der Waals surface area contributed by atoms with Gasteiger partial charge in [0.1, 0.15) is 0 Å². The molecule has 4 atom stereocenters. The number of piperazine rings is 1. The molecule has 3 rings (SSSR count). The normalized spacial score (nSPS) is 36.8. The van der Waals surface area contributed by atoms with Crippen LogP contribution in [0.15, 0.2) is 0 Å². The number of hydrogen-bond donors (Lipinski definition) is 0. The summed E-state index contributed by atoms with van der Waals surface area (Å²) in [6, 6.07) is 1.31. The molecule has 24 heavy (non-hydrogen) atoms. The van der Waals surface area contributed by atoms with Crippen LogP contribution in [0.2, 0.25) is 0 Å². The van der Waals surface area contributed by atoms with Gasteiger partial charge in [-0.2, -0.15) is 0 Å². The van der Waals surface area contributed by atoms with Crippen LogP contribution in [0.25, 0.3) is 0 Å². The van der Waals surface area contributed by atoms with Gasteiger partial charge in [0.15, 0.2) is 0 Å². The molecule has 140 valence electrons. The van der Waals surface area contributed by atoms with E-state index in [-0.39, 0.29) is 0 Å². The zero-order valence-corrected chi connectivity index (χ0v) is 15.9. The summed E-state index contributed by atoms with van der Waals surface area (Å²) in [5.74, 6) is 0. The minimum absolute atomic E-state index is 0.514. The SMILES string of the molecule is C[C@@H]1CN(CC[C@@H]2CCCCO2)C[C@@H](C)N1CC[C@@H]1CCCCO1. The van der Waals surface area contributed by atoms with Crippen LogP contribution in [0.4, 0.5) is 0 Å². The molecule has 0 saturated carbocycles. The van der Waals surface area contributed by atoms with E-state index >= 15 is 0 Å². The molecule has 0 radical (unpaired) electrons. The quantitative estimate of drug-likeness (QED) is 0.742. The molecule has 0 spiro atoms. The molecule has 0 amide bonds. The zero-order valence-electron chi connectivity index (χ0n) is 15.9. The van der Waals surface area contributed by atoms with Crippen LogP contribution in [0.5, 0.6) is 0 Å². The van der Waals surface area contributed by atoms with Crippen LogP contribution < -0.4 is 0 Å². The minimum atomic E-state index is 0.514. The molecule has 3 aliphatic rings. The molecule has 0 aliphatic carbocycles. The van der Waals surface area contributed by atoms with Gasteiger partial charge in [0.05, 0.1) is 12.2 Å². The molecule has 4 heteroatoms. The lowest BCUT2D eigenvalue weighted by atomic mass is 10.0. The molecule has 3 fully saturated rings. The van der Waals surface area contributed by atoms with Crippen LogP contribution in [0, 0.1) is 0 Å². The summed E-state index contributed by atoms with van der Waals surface area (Å²) in [5.41, 5.74) is 0. The first-order chi connectivity index (χ1) is 11.7. The molecule has 0 bridgehead atoms. The third-order valence-corrected chi connectivity index (χ3v) is 6.20. The number of ether oxygens (including phenoxy) is 2. The van der Waals surface area contributed by atoms with E-state index in [2.05, 4.69) is 23.6 Å². The third kappa shape index (κ3) is 5.42. The Kier molecular flexibility index (Phi) is 7.38. The highest BCUT2D eigenvalue weighted by Crippen LogP contribution is 2.22. The van der Waals surface area contributed by atoms with Crippen molar-refractivity contribution in [3.05, 3.63) is 0 Å². The lowest BCUT2D eigenvalue weighted by Gasteiger charge is -2.45. The van der Waals surface area contributed by atoms with E-state index in [1.807, 2.05) is 0 Å². The van der Waals surface area contributed by atoms with Gasteiger partial charge in [-0.15, -0.1) is 0 Å². The van der Waals surface area contributed by atoms with Gasteiger partial charge in [-0.1, -0.05) is 0 Å². The van der Waals surface area contributed by atoms with Gasteiger partial charge in [0.25, 0.3) is 0 Å². The molecular formula is C20H38N2O2. The van der Waals surface area contributed by atoms with Crippen molar-refractivity contribution in [1.82, 2.24) is 9.80 Å². The predicted molar refractivity (Wildman–Crippen MR) is 98.5 cm³/mol. The van der Waals surface area contributed by atoms with Gasteiger partial charge in [-0.25, -0.2) is 0 Å². The average molecular weight is 339 g/mol. The van der Waals surface area contributed by atoms with Gasteiger partial charge in [-0.3, -0.25) is 4.90 Å². The van der Waals surface area contributed by atoms with Gasteiger partial charge < -0.3 is 14.4 Å². The first kappa shape index (κ1) is 18.6. The molecular weight excluding hydrogens is 300 g/mol. The number of rotatable bonds is 6. The van der Waals surface area contributed by atoms with Gasteiger partial charge in [0.2, 0.25) is 0 Å². The van der Waals surface area contributed by atoms with Crippen molar-refractivity contribution in [3.8, 4) is 0 Å². The molecule has 0 aromatic heterocycles. The first-order valence-electron chi connectivity index (χ1n) is 10.4. The van der Waals surface area contributed by atoms with Crippen molar-refractivity contribution in [2.75, 3.05) is 39.4 Å². The van der Waals surface area contributed by atoms with Crippen molar-refractivity contribution in [2.45, 2.75) is 89.5 Å². The van der Waals surface area contributed by atoms with Crippen LogP contribution in [0.1, 0.15) is 65.2 Å². The second-order valence-electron chi connectivity index (χ2n) is 8.25. The Bertz CT molecular complexity index is 342. The highest BCUT2D eigenvalue weighted by atomic mass is 16.5. The van der Waals surface area contributed by atoms with E-state index in [1.165, 1.54) is 77.5 Å². The Morgan fingerprint density at radius 3 is 1.79 bits per heavy atom. The molecule has 3 saturated heterocycles. The predicted octanol–water partition coefficient (Wildman–Crippen LogP) is 3.30. The fourth-order valence-corrected chi connectivity index (χ4v) is 4.78. The summed E-state index contributed by atoms with van der Waals surface area (Å²) < 4.78 is 11.8. The van der Waals surface area contributed by atoms with Crippen LogP contribution in [-0.4, -0.2) is 73.5 Å². The average Bonchev–Trinajstić information content (AvgIpc) is 2.61. The fraction of sp³-hybridized carbons (Fsp3) is 1.00. The summed E-state index contributed by atoms with van der Waals surface area (Å²) in [4.78, 5) is 5.38. The maximum atomic E-state index is 5.92. The number of nitrogens with zero attached hydrogens (tertiary/aromatic N) is 2. The standard InChI is InChI=1S/C20H38N2O2/c1-17-15-21(11-9-19-7-3-5-13-23-19)16-18(2)22(17)12-10-20-8-4-6-14-24-20/h17-20H,3-16H2,1-2H3/t17-,18-,19+,20+/m1/s1. The Morgan fingerprint density at radius 2 is 1.29 bits per heavy atom. The highest BCUT2D eigenvalue weighted by molar-refractivity contribution is 4.86. The first-order valence-corrected chi connectivity index (χ1v) is 10.4. The smallest absolute Gasteiger partial charge is 0.0587 e. The van der Waals surface area contributed by atoms with E-state index < -0.39 is 0 Å². The lowest BCUT2D eigenvalue weighted by Crippen LogP contribution is -2.57. The summed E-state index contributed by atoms with van der Waals surface area (Å²) in [7, 11) is 0. The molecule has 0 aromatic carbocycles. The van der Waals surface area contributed by atoms with Crippen molar-refractivity contribution in [2.24, 2.45) is 0 Å². The molecule has 4 nitrogen and oxygen atoms in total. The van der Waals surface area contributed by atoms with Gasteiger partial charge in [-0.05, 0) is 65.2 Å². The fourth-order valence-electron chi connectivity index (χ4n) is 4.78. The lowest BCUT2D eigenvalue weighted by molar-refractivity contribution is -0.0212. The second-order valence-corrected chi connectivity index (χ2v) is 8.25. The van der Waals surface area contributed by atoms with Crippen molar-refractivity contribution < 1.29 is 9.47 Å². The van der Waals surface area contributed by atoms with E-state index in [9.17, 15) is 0 Å². The topological polar surface area (TPSA) is 24.9 Å². The van der Waals surface area contributed by atoms with Gasteiger partial charge in [0, 0.05) is 51.5 Å². The van der Waals surface area contributed by atoms with E-state index in [4.69, 9.17) is 9.47 Å². The van der Waals surface area contributed by atoms with Crippen molar-refractivity contribution in [1.29, 1.82) is 0 Å². The largest absolute Gasteiger partial charge is 0.378 e. The minimum Gasteiger partial charge on any atom is -0.378 e. The maximum Gasteiger partial charge on any atom is 0.0587 e. The van der Waals surface area contributed by atoms with Gasteiger partial charge >= 0.3 is 0 Å². The Labute approximate surface area is 148 Å². The van der Waals surface area contributed by atoms with E-state index in [1.54, 1.807) is 0 Å². The van der Waals surface area contributed by atoms with Crippen LogP contribution >= 0.6 is 0 Å². The van der Waals surface area contributed by atoms with E-state index in [0.29, 0.717) is 24.3 Å². The monoisotopic (exact) mass is 338 g/mol. The maximum absolute atomic E-state index is 5.92. The summed E-state index contributed by atoms with van der Waals surface area (Å²) in [5, 5.41) is 0. The summed E-state index contributed by atoms with van der Waals surface area (Å²) in [6.45, 7) is 11.6. The Balaban J connectivity index is 1.38. The van der Waals surface area contributed by atoms with Crippen molar-refractivity contribution in [3.63, 3.8) is 0 Å². The molecule has 0 N–H and O–H groups in total. The molecule has 0 unspecified atom stereocenters. The Morgan fingerprint density at radius 1 is 0.750 bits per heavy atom.